The van der Waals surface area contributed by atoms with Crippen LogP contribution in [0, 0.1) is 0 Å². The predicted octanol–water partition coefficient (Wildman–Crippen LogP) is 5.42. The first-order chi connectivity index (χ1) is 20.9. The zero-order valence-corrected chi connectivity index (χ0v) is 25.1. The Bertz CT molecular complexity index is 1260. The van der Waals surface area contributed by atoms with Crippen LogP contribution in [-0.4, -0.2) is 68.0 Å². The van der Waals surface area contributed by atoms with Crippen LogP contribution in [-0.2, 0) is 57.7 Å². The van der Waals surface area contributed by atoms with E-state index in [4.69, 9.17) is 37.9 Å². The topological polar surface area (TPSA) is 73.8 Å². The number of rotatable bonds is 11. The minimum atomic E-state index is -0.747. The van der Waals surface area contributed by atoms with Crippen molar-refractivity contribution < 1.29 is 37.9 Å². The molecule has 230 valence electrons. The first kappa shape index (κ1) is 30.4. The first-order valence-corrected chi connectivity index (χ1v) is 15.2. The monoisotopic (exact) mass is 590 g/mol. The summed E-state index contributed by atoms with van der Waals surface area (Å²) in [5, 5.41) is 0. The fraction of sp³-hybridized carbons (Fsp3) is 0.486. The highest BCUT2D eigenvalue weighted by molar-refractivity contribution is 5.15. The summed E-state index contributed by atoms with van der Waals surface area (Å²) in [6.07, 6.45) is -3.38. The molecule has 3 aromatic carbocycles. The maximum absolute atomic E-state index is 6.73. The standard InChI is InChI=1S/C35H42O8/c1-24-30(32-29(23-36-24)42-35(2,3)43-32)41-34-33(39-21-27-17-11-6-12-18-27)31(38-20-26-15-9-5-10-16-26)28(22-40-34)37-19-25-13-7-4-8-14-25/h4-18,24,28-34H,19-23H2,1-3H3/t24-,28-,29?,30?,31?,32?,33?,34+/m1/s1. The van der Waals surface area contributed by atoms with Crippen molar-refractivity contribution in [3.8, 4) is 0 Å². The number of benzene rings is 3. The molecule has 3 saturated heterocycles. The van der Waals surface area contributed by atoms with Crippen LogP contribution < -0.4 is 0 Å². The Morgan fingerprint density at radius 3 is 1.74 bits per heavy atom. The van der Waals surface area contributed by atoms with Crippen molar-refractivity contribution in [3.63, 3.8) is 0 Å². The quantitative estimate of drug-likeness (QED) is 0.293. The third-order valence-corrected chi connectivity index (χ3v) is 8.08. The van der Waals surface area contributed by atoms with Gasteiger partial charge in [-0.25, -0.2) is 0 Å². The maximum atomic E-state index is 6.73. The minimum absolute atomic E-state index is 0.226. The van der Waals surface area contributed by atoms with Gasteiger partial charge in [0.1, 0.15) is 36.6 Å². The van der Waals surface area contributed by atoms with Crippen molar-refractivity contribution in [2.24, 2.45) is 0 Å². The summed E-state index contributed by atoms with van der Waals surface area (Å²) >= 11 is 0. The molecule has 0 bridgehead atoms. The molecule has 3 fully saturated rings. The van der Waals surface area contributed by atoms with Gasteiger partial charge in [-0.3, -0.25) is 0 Å². The molecule has 0 aromatic heterocycles. The van der Waals surface area contributed by atoms with Gasteiger partial charge < -0.3 is 37.9 Å². The lowest BCUT2D eigenvalue weighted by Gasteiger charge is -2.45. The van der Waals surface area contributed by atoms with Gasteiger partial charge >= 0.3 is 0 Å². The summed E-state index contributed by atoms with van der Waals surface area (Å²) < 4.78 is 51.3. The Balaban J connectivity index is 1.25. The summed E-state index contributed by atoms with van der Waals surface area (Å²) in [5.41, 5.74) is 3.18. The molecule has 0 amide bonds. The van der Waals surface area contributed by atoms with Gasteiger partial charge in [-0.1, -0.05) is 91.0 Å². The van der Waals surface area contributed by atoms with E-state index in [2.05, 4.69) is 0 Å². The maximum Gasteiger partial charge on any atom is 0.187 e. The zero-order chi connectivity index (χ0) is 29.6. The summed E-state index contributed by atoms with van der Waals surface area (Å²) in [5.74, 6) is -0.724. The lowest BCUT2D eigenvalue weighted by Crippen LogP contribution is -2.60. The van der Waals surface area contributed by atoms with Gasteiger partial charge in [-0.05, 0) is 37.5 Å². The van der Waals surface area contributed by atoms with Crippen molar-refractivity contribution in [3.05, 3.63) is 108 Å². The van der Waals surface area contributed by atoms with Gasteiger partial charge in [0.15, 0.2) is 12.1 Å². The van der Waals surface area contributed by atoms with E-state index in [1.165, 1.54) is 0 Å². The molecule has 5 unspecified atom stereocenters. The molecule has 6 rings (SSSR count). The second-order valence-corrected chi connectivity index (χ2v) is 11.8. The molecule has 0 aliphatic carbocycles. The highest BCUT2D eigenvalue weighted by atomic mass is 16.8. The summed E-state index contributed by atoms with van der Waals surface area (Å²) in [4.78, 5) is 0. The molecule has 8 heteroatoms. The fourth-order valence-electron chi connectivity index (χ4n) is 5.91. The molecule has 0 saturated carbocycles. The second kappa shape index (κ2) is 14.0. The molecule has 0 radical (unpaired) electrons. The van der Waals surface area contributed by atoms with E-state index in [0.717, 1.165) is 16.7 Å². The van der Waals surface area contributed by atoms with Crippen molar-refractivity contribution in [2.75, 3.05) is 13.2 Å². The lowest BCUT2D eigenvalue weighted by molar-refractivity contribution is -0.327. The Hall–Kier alpha value is -2.66. The van der Waals surface area contributed by atoms with Gasteiger partial charge in [0, 0.05) is 0 Å². The highest BCUT2D eigenvalue weighted by Gasteiger charge is 2.53. The van der Waals surface area contributed by atoms with Crippen LogP contribution in [0.1, 0.15) is 37.5 Å². The second-order valence-electron chi connectivity index (χ2n) is 11.8. The summed E-state index contributed by atoms with van der Waals surface area (Å²) in [7, 11) is 0. The van der Waals surface area contributed by atoms with Crippen LogP contribution in [0.3, 0.4) is 0 Å². The van der Waals surface area contributed by atoms with Gasteiger partial charge in [0.25, 0.3) is 0 Å². The Morgan fingerprint density at radius 2 is 1.16 bits per heavy atom. The molecule has 3 aromatic rings. The lowest BCUT2D eigenvalue weighted by atomic mass is 9.99. The van der Waals surface area contributed by atoms with Crippen molar-refractivity contribution >= 4 is 0 Å². The molecular formula is C35H42O8. The molecule has 8 nitrogen and oxygen atoms in total. The molecule has 0 N–H and O–H groups in total. The van der Waals surface area contributed by atoms with Crippen molar-refractivity contribution in [1.82, 2.24) is 0 Å². The largest absolute Gasteiger partial charge is 0.373 e. The highest BCUT2D eigenvalue weighted by Crippen LogP contribution is 2.37. The molecule has 3 aliphatic rings. The van der Waals surface area contributed by atoms with Crippen LogP contribution in [0.25, 0.3) is 0 Å². The zero-order valence-electron chi connectivity index (χ0n) is 25.1. The molecule has 8 atom stereocenters. The molecular weight excluding hydrogens is 548 g/mol. The van der Waals surface area contributed by atoms with Crippen LogP contribution in [0.15, 0.2) is 91.0 Å². The third-order valence-electron chi connectivity index (χ3n) is 8.08. The number of ether oxygens (including phenoxy) is 8. The van der Waals surface area contributed by atoms with Crippen LogP contribution >= 0.6 is 0 Å². The Kier molecular flexibility index (Phi) is 9.87. The van der Waals surface area contributed by atoms with E-state index in [1.54, 1.807) is 0 Å². The van der Waals surface area contributed by atoms with E-state index >= 15 is 0 Å². The average molecular weight is 591 g/mol. The van der Waals surface area contributed by atoms with Crippen LogP contribution in [0.5, 0.6) is 0 Å². The number of hydrogen-bond acceptors (Lipinski definition) is 8. The summed E-state index contributed by atoms with van der Waals surface area (Å²) in [6.45, 7) is 7.74. The molecule has 0 spiro atoms. The van der Waals surface area contributed by atoms with Crippen LogP contribution in [0.4, 0.5) is 0 Å². The minimum Gasteiger partial charge on any atom is -0.373 e. The first-order valence-electron chi connectivity index (χ1n) is 15.2. The Labute approximate surface area is 254 Å². The van der Waals surface area contributed by atoms with E-state index in [-0.39, 0.29) is 31.0 Å². The van der Waals surface area contributed by atoms with Gasteiger partial charge in [-0.15, -0.1) is 0 Å². The van der Waals surface area contributed by atoms with Crippen LogP contribution in [0.2, 0.25) is 0 Å². The summed E-state index contributed by atoms with van der Waals surface area (Å²) in [6, 6.07) is 30.3. The fourth-order valence-corrected chi connectivity index (χ4v) is 5.91. The van der Waals surface area contributed by atoms with E-state index in [0.29, 0.717) is 26.4 Å². The van der Waals surface area contributed by atoms with Gasteiger partial charge in [-0.2, -0.15) is 0 Å². The van der Waals surface area contributed by atoms with Gasteiger partial charge in [0.05, 0.1) is 39.1 Å². The van der Waals surface area contributed by atoms with E-state index in [1.807, 2.05) is 112 Å². The smallest absolute Gasteiger partial charge is 0.187 e. The molecule has 43 heavy (non-hydrogen) atoms. The van der Waals surface area contributed by atoms with Crippen molar-refractivity contribution in [1.29, 1.82) is 0 Å². The molecule has 3 aliphatic heterocycles. The third kappa shape index (κ3) is 7.71. The Morgan fingerprint density at radius 1 is 0.628 bits per heavy atom. The van der Waals surface area contributed by atoms with Gasteiger partial charge in [0.2, 0.25) is 0 Å². The number of fused-ring (bicyclic) bond motifs is 1. The number of hydrogen-bond donors (Lipinski definition) is 0. The van der Waals surface area contributed by atoms with E-state index < -0.39 is 30.4 Å². The predicted molar refractivity (Wildman–Crippen MR) is 159 cm³/mol. The SMILES string of the molecule is C[C@H]1OCC2OC(C)(C)OC2C1O[C@@H]1OC[C@@H](OCc2ccccc2)C(OCc2ccccc2)C1OCc1ccccc1. The van der Waals surface area contributed by atoms with E-state index in [9.17, 15) is 0 Å². The average Bonchev–Trinajstić information content (AvgIpc) is 3.35. The van der Waals surface area contributed by atoms with Crippen molar-refractivity contribution in [2.45, 2.75) is 95.4 Å². The molecule has 3 heterocycles. The normalized spacial score (nSPS) is 31.9.